The highest BCUT2D eigenvalue weighted by atomic mass is 16.5. The molecular weight excluding hydrogens is 516 g/mol. The number of fused-ring (bicyclic) bond motifs is 1. The molecule has 1 aliphatic heterocycles. The Morgan fingerprint density at radius 2 is 1.78 bits per heavy atom. The average Bonchev–Trinajstić information content (AvgIpc) is 3.78. The van der Waals surface area contributed by atoms with Crippen LogP contribution in [0.3, 0.4) is 0 Å². The van der Waals surface area contributed by atoms with Gasteiger partial charge in [-0.05, 0) is 75.5 Å². The number of H-pyrrole nitrogens is 1. The molecule has 4 aromatic rings. The number of anilines is 1. The molecule has 1 unspecified atom stereocenters. The van der Waals surface area contributed by atoms with Gasteiger partial charge in [0.25, 0.3) is 0 Å². The lowest BCUT2D eigenvalue weighted by Gasteiger charge is -2.35. The lowest BCUT2D eigenvalue weighted by Crippen LogP contribution is -2.46. The first kappa shape index (κ1) is 26.8. The maximum atomic E-state index is 13.1. The van der Waals surface area contributed by atoms with Gasteiger partial charge in [-0.25, -0.2) is 4.98 Å². The van der Waals surface area contributed by atoms with Gasteiger partial charge in [-0.1, -0.05) is 24.3 Å². The van der Waals surface area contributed by atoms with E-state index in [0.29, 0.717) is 35.6 Å². The second-order valence-corrected chi connectivity index (χ2v) is 10.7. The monoisotopic (exact) mass is 552 g/mol. The zero-order chi connectivity index (χ0) is 28.0. The number of piperidine rings is 1. The minimum absolute atomic E-state index is 0.0814. The molecule has 212 valence electrons. The van der Waals surface area contributed by atoms with Crippen LogP contribution in [0.4, 0.5) is 5.82 Å². The van der Waals surface area contributed by atoms with Crippen LogP contribution in [0.5, 0.6) is 23.0 Å². The van der Waals surface area contributed by atoms with Crippen LogP contribution < -0.4 is 14.8 Å². The summed E-state index contributed by atoms with van der Waals surface area (Å²) in [6.45, 7) is 2.18. The van der Waals surface area contributed by atoms with Crippen LogP contribution in [0.2, 0.25) is 0 Å². The number of rotatable bonds is 11. The largest absolute Gasteiger partial charge is 0.457 e. The highest BCUT2D eigenvalue weighted by Gasteiger charge is 2.27. The minimum Gasteiger partial charge on any atom is -0.457 e. The number of carbonyl (C=O) groups is 1. The smallest absolute Gasteiger partial charge is 0.246 e. The number of likely N-dealkylation sites (N-methyl/N-ethyl adjacent to an activating group) is 1. The SMILES string of the molecule is CN(C/C=C/C(=O)N1CCCCC1CNc1n[nH]c2nccc(Oc3ccc(Oc4ccccc4)cc3)c12)C1CC1. The number of pyridine rings is 1. The van der Waals surface area contributed by atoms with Crippen molar-refractivity contribution < 1.29 is 14.3 Å². The number of nitrogens with zero attached hydrogens (tertiary/aromatic N) is 4. The lowest BCUT2D eigenvalue weighted by molar-refractivity contribution is -0.129. The van der Waals surface area contributed by atoms with Crippen LogP contribution in [0, 0.1) is 0 Å². The van der Waals surface area contributed by atoms with Crippen molar-refractivity contribution in [1.82, 2.24) is 25.0 Å². The molecule has 0 bridgehead atoms. The third-order valence-corrected chi connectivity index (χ3v) is 7.69. The predicted octanol–water partition coefficient (Wildman–Crippen LogP) is 5.99. The van der Waals surface area contributed by atoms with Gasteiger partial charge in [0.1, 0.15) is 28.4 Å². The Morgan fingerprint density at radius 1 is 1.02 bits per heavy atom. The summed E-state index contributed by atoms with van der Waals surface area (Å²) in [6, 6.07) is 19.8. The molecule has 0 radical (unpaired) electrons. The molecule has 2 aromatic heterocycles. The van der Waals surface area contributed by atoms with Crippen molar-refractivity contribution in [3.05, 3.63) is 79.0 Å². The van der Waals surface area contributed by atoms with Gasteiger partial charge in [-0.15, -0.1) is 0 Å². The van der Waals surface area contributed by atoms with E-state index in [0.717, 1.165) is 49.2 Å². The van der Waals surface area contributed by atoms with Gasteiger partial charge >= 0.3 is 0 Å². The second-order valence-electron chi connectivity index (χ2n) is 10.7. The normalized spacial score (nSPS) is 17.3. The summed E-state index contributed by atoms with van der Waals surface area (Å²) in [4.78, 5) is 21.8. The number of benzene rings is 2. The van der Waals surface area contributed by atoms with Gasteiger partial charge in [-0.2, -0.15) is 5.10 Å². The Labute approximate surface area is 240 Å². The van der Waals surface area contributed by atoms with Crippen molar-refractivity contribution >= 4 is 22.8 Å². The maximum Gasteiger partial charge on any atom is 0.246 e. The standard InChI is InChI=1S/C32H36N6O3/c1-37(23-12-13-23)20-7-11-29(39)38-21-6-5-8-24(38)22-34-32-30-28(18-19-33-31(30)35-36-32)41-27-16-14-26(15-17-27)40-25-9-3-2-4-10-25/h2-4,7,9-11,14-19,23-24H,5-6,8,12-13,20-22H2,1H3,(H2,33,34,35,36)/b11-7+. The molecule has 2 aliphatic rings. The van der Waals surface area contributed by atoms with Gasteiger partial charge in [0.2, 0.25) is 5.91 Å². The fourth-order valence-corrected chi connectivity index (χ4v) is 5.26. The first-order chi connectivity index (χ1) is 20.1. The van der Waals surface area contributed by atoms with E-state index in [1.165, 1.54) is 12.8 Å². The molecule has 9 heteroatoms. The molecule has 1 saturated heterocycles. The van der Waals surface area contributed by atoms with Crippen molar-refractivity contribution in [2.24, 2.45) is 0 Å². The molecule has 9 nitrogen and oxygen atoms in total. The topological polar surface area (TPSA) is 95.6 Å². The number of aromatic amines is 1. The number of nitrogens with one attached hydrogen (secondary N) is 2. The highest BCUT2D eigenvalue weighted by Crippen LogP contribution is 2.34. The molecule has 1 aliphatic carbocycles. The number of likely N-dealkylation sites (tertiary alicyclic amines) is 1. The molecular formula is C32H36N6O3. The van der Waals surface area contributed by atoms with Crippen LogP contribution >= 0.6 is 0 Å². The molecule has 0 spiro atoms. The van der Waals surface area contributed by atoms with Gasteiger partial charge < -0.3 is 19.7 Å². The summed E-state index contributed by atoms with van der Waals surface area (Å²) in [5, 5.41) is 11.7. The van der Waals surface area contributed by atoms with E-state index in [2.05, 4.69) is 32.4 Å². The van der Waals surface area contributed by atoms with Gasteiger partial charge in [0, 0.05) is 50.1 Å². The summed E-state index contributed by atoms with van der Waals surface area (Å²) >= 11 is 0. The zero-order valence-corrected chi connectivity index (χ0v) is 23.3. The lowest BCUT2D eigenvalue weighted by atomic mass is 10.0. The number of hydrogen-bond acceptors (Lipinski definition) is 7. The summed E-state index contributed by atoms with van der Waals surface area (Å²) in [7, 11) is 2.12. The molecule has 1 amide bonds. The predicted molar refractivity (Wildman–Crippen MR) is 160 cm³/mol. The quantitative estimate of drug-likeness (QED) is 0.221. The minimum atomic E-state index is 0.0814. The number of aromatic nitrogens is 3. The number of hydrogen-bond donors (Lipinski definition) is 2. The van der Waals surface area contributed by atoms with Crippen LogP contribution in [0.25, 0.3) is 11.0 Å². The summed E-state index contributed by atoms with van der Waals surface area (Å²) < 4.78 is 12.2. The summed E-state index contributed by atoms with van der Waals surface area (Å²) in [5.41, 5.74) is 0.633. The summed E-state index contributed by atoms with van der Waals surface area (Å²) in [5.74, 6) is 3.56. The fourth-order valence-electron chi connectivity index (χ4n) is 5.26. The molecule has 1 saturated carbocycles. The first-order valence-corrected chi connectivity index (χ1v) is 14.4. The van der Waals surface area contributed by atoms with E-state index in [-0.39, 0.29) is 11.9 Å². The van der Waals surface area contributed by atoms with E-state index in [4.69, 9.17) is 9.47 Å². The average molecular weight is 553 g/mol. The maximum absolute atomic E-state index is 13.1. The fraction of sp³-hybridized carbons (Fsp3) is 0.344. The third kappa shape index (κ3) is 6.69. The van der Waals surface area contributed by atoms with E-state index in [1.54, 1.807) is 12.3 Å². The molecule has 3 heterocycles. The van der Waals surface area contributed by atoms with E-state index >= 15 is 0 Å². The second kappa shape index (κ2) is 12.4. The van der Waals surface area contributed by atoms with Crippen molar-refractivity contribution in [1.29, 1.82) is 0 Å². The number of para-hydroxylation sites is 1. The molecule has 2 aromatic carbocycles. The Bertz CT molecular complexity index is 1480. The Morgan fingerprint density at radius 3 is 2.56 bits per heavy atom. The molecule has 41 heavy (non-hydrogen) atoms. The zero-order valence-electron chi connectivity index (χ0n) is 23.3. The van der Waals surface area contributed by atoms with Crippen LogP contribution in [0.1, 0.15) is 32.1 Å². The molecule has 2 fully saturated rings. The molecule has 6 rings (SSSR count). The van der Waals surface area contributed by atoms with Crippen LogP contribution in [-0.2, 0) is 4.79 Å². The van der Waals surface area contributed by atoms with Crippen molar-refractivity contribution in [3.8, 4) is 23.0 Å². The van der Waals surface area contributed by atoms with E-state index in [1.807, 2.05) is 71.6 Å². The number of carbonyl (C=O) groups excluding carboxylic acids is 1. The van der Waals surface area contributed by atoms with Crippen LogP contribution in [0.15, 0.2) is 79.0 Å². The summed E-state index contributed by atoms with van der Waals surface area (Å²) in [6.07, 6.45) is 11.0. The Hall–Kier alpha value is -4.37. The van der Waals surface area contributed by atoms with Gasteiger partial charge in [0.05, 0.1) is 0 Å². The Balaban J connectivity index is 1.11. The molecule has 1 atom stereocenters. The van der Waals surface area contributed by atoms with Crippen molar-refractivity contribution in [2.45, 2.75) is 44.2 Å². The molecule has 2 N–H and O–H groups in total. The third-order valence-electron chi connectivity index (χ3n) is 7.69. The first-order valence-electron chi connectivity index (χ1n) is 14.4. The van der Waals surface area contributed by atoms with E-state index < -0.39 is 0 Å². The Kier molecular flexibility index (Phi) is 8.13. The van der Waals surface area contributed by atoms with Crippen LogP contribution in [-0.4, -0.2) is 69.7 Å². The number of amides is 1. The van der Waals surface area contributed by atoms with E-state index in [9.17, 15) is 4.79 Å². The highest BCUT2D eigenvalue weighted by molar-refractivity contribution is 5.93. The van der Waals surface area contributed by atoms with Gasteiger partial charge in [-0.3, -0.25) is 14.8 Å². The van der Waals surface area contributed by atoms with Crippen molar-refractivity contribution in [2.75, 3.05) is 32.0 Å². The van der Waals surface area contributed by atoms with Crippen molar-refractivity contribution in [3.63, 3.8) is 0 Å². The number of ether oxygens (including phenoxy) is 2. The van der Waals surface area contributed by atoms with Gasteiger partial charge in [0.15, 0.2) is 11.5 Å².